The van der Waals surface area contributed by atoms with Crippen LogP contribution in [0.5, 0.6) is 5.75 Å². The fraction of sp³-hybridized carbons (Fsp3) is 0.429. The summed E-state index contributed by atoms with van der Waals surface area (Å²) >= 11 is 0. The van der Waals surface area contributed by atoms with Crippen LogP contribution in [0, 0.1) is 5.82 Å². The van der Waals surface area contributed by atoms with Gasteiger partial charge in [-0.3, -0.25) is 4.90 Å². The molecule has 0 bridgehead atoms. The first kappa shape index (κ1) is 16.6. The van der Waals surface area contributed by atoms with Crippen LogP contribution in [0.3, 0.4) is 0 Å². The first-order valence-electron chi connectivity index (χ1n) is 9.20. The van der Waals surface area contributed by atoms with Gasteiger partial charge in [0.2, 0.25) is 0 Å². The minimum Gasteiger partial charge on any atom is -0.484 e. The number of likely N-dealkylation sites (tertiary alicyclic amines) is 1. The topological polar surface area (TPSA) is 38.5 Å². The standard InChI is InChI=1S/C21H25FN2O/c22-16-6-3-8-18(13-16)25-21-19-9-2-1-5-15(19)10-11-20(21)24-12-4-7-17(23)14-24/h1-3,5-6,8-9,13,17,20-21H,4,7,10-12,14,23H2/t17-,20-,21-/m0/s1. The number of ether oxygens (including phenoxy) is 1. The predicted octanol–water partition coefficient (Wildman–Crippen LogP) is 3.68. The molecule has 0 radical (unpaired) electrons. The van der Waals surface area contributed by atoms with Crippen LogP contribution in [-0.2, 0) is 6.42 Å². The van der Waals surface area contributed by atoms with Gasteiger partial charge < -0.3 is 10.5 Å². The van der Waals surface area contributed by atoms with E-state index in [9.17, 15) is 4.39 Å². The van der Waals surface area contributed by atoms with Crippen molar-refractivity contribution < 1.29 is 9.13 Å². The molecule has 3 nitrogen and oxygen atoms in total. The van der Waals surface area contributed by atoms with Crippen LogP contribution in [0.4, 0.5) is 4.39 Å². The lowest BCUT2D eigenvalue weighted by atomic mass is 9.84. The van der Waals surface area contributed by atoms with Crippen molar-refractivity contribution >= 4 is 0 Å². The Labute approximate surface area is 148 Å². The van der Waals surface area contributed by atoms with Crippen molar-refractivity contribution in [1.29, 1.82) is 0 Å². The Balaban J connectivity index is 1.65. The maximum atomic E-state index is 13.6. The molecule has 2 aromatic rings. The number of nitrogens with two attached hydrogens (primary N) is 1. The number of rotatable bonds is 3. The Bertz CT molecular complexity index is 735. The van der Waals surface area contributed by atoms with E-state index >= 15 is 0 Å². The second-order valence-electron chi connectivity index (χ2n) is 7.20. The van der Waals surface area contributed by atoms with Gasteiger partial charge in [0.05, 0.1) is 6.04 Å². The Kier molecular flexibility index (Phi) is 4.73. The molecule has 0 spiro atoms. The van der Waals surface area contributed by atoms with Gasteiger partial charge in [-0.15, -0.1) is 0 Å². The molecule has 1 aliphatic heterocycles. The first-order valence-corrected chi connectivity index (χ1v) is 9.20. The molecule has 132 valence electrons. The van der Waals surface area contributed by atoms with E-state index in [2.05, 4.69) is 29.2 Å². The smallest absolute Gasteiger partial charge is 0.139 e. The lowest BCUT2D eigenvalue weighted by Gasteiger charge is -2.43. The molecule has 2 aromatic carbocycles. The molecule has 1 heterocycles. The molecule has 0 amide bonds. The zero-order valence-electron chi connectivity index (χ0n) is 14.4. The van der Waals surface area contributed by atoms with Crippen molar-refractivity contribution in [2.24, 2.45) is 5.73 Å². The van der Waals surface area contributed by atoms with E-state index in [4.69, 9.17) is 10.5 Å². The third kappa shape index (κ3) is 3.55. The SMILES string of the molecule is N[C@H]1CCCN([C@H]2CCc3ccccc3[C@@H]2Oc2cccc(F)c2)C1. The van der Waals surface area contributed by atoms with Crippen LogP contribution in [0.2, 0.25) is 0 Å². The van der Waals surface area contributed by atoms with Crippen molar-refractivity contribution in [2.45, 2.75) is 43.9 Å². The molecule has 2 aliphatic rings. The predicted molar refractivity (Wildman–Crippen MR) is 97.1 cm³/mol. The molecular formula is C21H25FN2O. The van der Waals surface area contributed by atoms with Crippen LogP contribution in [0.1, 0.15) is 36.5 Å². The molecule has 1 fully saturated rings. The van der Waals surface area contributed by atoms with E-state index in [0.29, 0.717) is 5.75 Å². The fourth-order valence-electron chi connectivity index (χ4n) is 4.25. The fourth-order valence-corrected chi connectivity index (χ4v) is 4.25. The number of benzene rings is 2. The first-order chi connectivity index (χ1) is 12.2. The van der Waals surface area contributed by atoms with Crippen LogP contribution in [0.15, 0.2) is 48.5 Å². The molecule has 4 rings (SSSR count). The third-order valence-corrected chi connectivity index (χ3v) is 5.44. The quantitative estimate of drug-likeness (QED) is 0.926. The number of aryl methyl sites for hydroxylation is 1. The third-order valence-electron chi connectivity index (χ3n) is 5.44. The molecule has 0 aromatic heterocycles. The highest BCUT2D eigenvalue weighted by Crippen LogP contribution is 2.37. The molecule has 0 unspecified atom stereocenters. The zero-order chi connectivity index (χ0) is 17.2. The lowest BCUT2D eigenvalue weighted by Crippen LogP contribution is -2.51. The van der Waals surface area contributed by atoms with Crippen molar-refractivity contribution in [3.63, 3.8) is 0 Å². The normalized spacial score (nSPS) is 26.9. The Morgan fingerprint density at radius 3 is 2.80 bits per heavy atom. The van der Waals surface area contributed by atoms with Crippen molar-refractivity contribution in [3.8, 4) is 5.75 Å². The Hall–Kier alpha value is -1.91. The summed E-state index contributed by atoms with van der Waals surface area (Å²) in [5.74, 6) is 0.325. The summed E-state index contributed by atoms with van der Waals surface area (Å²) in [6.45, 7) is 1.97. The maximum absolute atomic E-state index is 13.6. The van der Waals surface area contributed by atoms with Gasteiger partial charge >= 0.3 is 0 Å². The van der Waals surface area contributed by atoms with Crippen LogP contribution in [-0.4, -0.2) is 30.1 Å². The van der Waals surface area contributed by atoms with Gasteiger partial charge in [-0.2, -0.15) is 0 Å². The second kappa shape index (κ2) is 7.14. The Morgan fingerprint density at radius 1 is 1.08 bits per heavy atom. The van der Waals surface area contributed by atoms with Crippen molar-refractivity contribution in [1.82, 2.24) is 4.90 Å². The molecule has 25 heavy (non-hydrogen) atoms. The van der Waals surface area contributed by atoms with E-state index in [-0.39, 0.29) is 24.0 Å². The summed E-state index contributed by atoms with van der Waals surface area (Å²) < 4.78 is 20.0. The summed E-state index contributed by atoms with van der Waals surface area (Å²) in [6.07, 6.45) is 4.23. The number of hydrogen-bond donors (Lipinski definition) is 1. The minimum atomic E-state index is -0.266. The van der Waals surface area contributed by atoms with Gasteiger partial charge in [-0.25, -0.2) is 4.39 Å². The van der Waals surface area contributed by atoms with Crippen LogP contribution in [0.25, 0.3) is 0 Å². The number of halogens is 1. The minimum absolute atomic E-state index is 0.0861. The summed E-state index contributed by atoms with van der Waals surface area (Å²) in [4.78, 5) is 2.48. The monoisotopic (exact) mass is 340 g/mol. The summed E-state index contributed by atoms with van der Waals surface area (Å²) in [6, 6.07) is 15.4. The van der Waals surface area contributed by atoms with E-state index < -0.39 is 0 Å². The average Bonchev–Trinajstić information content (AvgIpc) is 2.62. The van der Waals surface area contributed by atoms with Crippen LogP contribution >= 0.6 is 0 Å². The van der Waals surface area contributed by atoms with E-state index in [0.717, 1.165) is 38.8 Å². The van der Waals surface area contributed by atoms with Crippen molar-refractivity contribution in [3.05, 3.63) is 65.5 Å². The summed E-state index contributed by atoms with van der Waals surface area (Å²) in [5.41, 5.74) is 8.77. The van der Waals surface area contributed by atoms with Gasteiger partial charge in [-0.05, 0) is 55.5 Å². The van der Waals surface area contributed by atoms with Crippen LogP contribution < -0.4 is 10.5 Å². The molecule has 2 N–H and O–H groups in total. The summed E-state index contributed by atoms with van der Waals surface area (Å²) in [7, 11) is 0. The average molecular weight is 340 g/mol. The van der Waals surface area contributed by atoms with Crippen molar-refractivity contribution in [2.75, 3.05) is 13.1 Å². The summed E-state index contributed by atoms with van der Waals surface area (Å²) in [5, 5.41) is 0. The molecule has 1 aliphatic carbocycles. The zero-order valence-corrected chi connectivity index (χ0v) is 14.4. The van der Waals surface area contributed by atoms with Gasteiger partial charge in [-0.1, -0.05) is 30.3 Å². The second-order valence-corrected chi connectivity index (χ2v) is 7.20. The van der Waals surface area contributed by atoms with E-state index in [1.54, 1.807) is 6.07 Å². The Morgan fingerprint density at radius 2 is 1.96 bits per heavy atom. The van der Waals surface area contributed by atoms with Gasteiger partial charge in [0.15, 0.2) is 0 Å². The van der Waals surface area contributed by atoms with E-state index in [1.807, 2.05) is 6.07 Å². The maximum Gasteiger partial charge on any atom is 0.139 e. The number of nitrogens with zero attached hydrogens (tertiary/aromatic N) is 1. The highest BCUT2D eigenvalue weighted by molar-refractivity contribution is 5.35. The van der Waals surface area contributed by atoms with E-state index in [1.165, 1.54) is 23.3 Å². The molecular weight excluding hydrogens is 315 g/mol. The molecule has 3 atom stereocenters. The number of piperidine rings is 1. The molecule has 0 saturated carbocycles. The number of hydrogen-bond acceptors (Lipinski definition) is 3. The van der Waals surface area contributed by atoms with Gasteiger partial charge in [0, 0.05) is 18.7 Å². The van der Waals surface area contributed by atoms with Gasteiger partial charge in [0.25, 0.3) is 0 Å². The lowest BCUT2D eigenvalue weighted by molar-refractivity contribution is 0.0366. The highest BCUT2D eigenvalue weighted by Gasteiger charge is 2.36. The largest absolute Gasteiger partial charge is 0.484 e. The number of fused-ring (bicyclic) bond motifs is 1. The molecule has 1 saturated heterocycles. The molecule has 4 heteroatoms. The van der Waals surface area contributed by atoms with Gasteiger partial charge in [0.1, 0.15) is 17.7 Å². The highest BCUT2D eigenvalue weighted by atomic mass is 19.1.